The predicted molar refractivity (Wildman–Crippen MR) is 74.3 cm³/mol. The summed E-state index contributed by atoms with van der Waals surface area (Å²) in [7, 11) is 0. The fraction of sp³-hybridized carbons (Fsp3) is 0.538. The molecule has 17 heavy (non-hydrogen) atoms. The van der Waals surface area contributed by atoms with Gasteiger partial charge in [0.2, 0.25) is 0 Å². The van der Waals surface area contributed by atoms with Gasteiger partial charge < -0.3 is 10.4 Å². The molecule has 0 bridgehead atoms. The van der Waals surface area contributed by atoms with Crippen molar-refractivity contribution < 1.29 is 5.11 Å². The van der Waals surface area contributed by atoms with E-state index in [1.165, 1.54) is 12.8 Å². The van der Waals surface area contributed by atoms with Crippen LogP contribution in [0.5, 0.6) is 0 Å². The van der Waals surface area contributed by atoms with Gasteiger partial charge in [0.1, 0.15) is 0 Å². The Morgan fingerprint density at radius 1 is 1.35 bits per heavy atom. The Labute approximate surface area is 115 Å². The number of hydrogen-bond donors (Lipinski definition) is 2. The van der Waals surface area contributed by atoms with E-state index in [-0.39, 0.29) is 12.1 Å². The molecule has 0 heterocycles. The van der Waals surface area contributed by atoms with Gasteiger partial charge in [0.05, 0.1) is 11.6 Å². The van der Waals surface area contributed by atoms with Gasteiger partial charge in [-0.05, 0) is 46.5 Å². The summed E-state index contributed by atoms with van der Waals surface area (Å²) in [4.78, 5) is 0. The van der Waals surface area contributed by atoms with E-state index in [0.717, 1.165) is 34.4 Å². The van der Waals surface area contributed by atoms with Crippen molar-refractivity contribution in [2.75, 3.05) is 6.61 Å². The average Bonchev–Trinajstić information content (AvgIpc) is 2.80. The summed E-state index contributed by atoms with van der Waals surface area (Å²) < 4.78 is 0.917. The molecule has 1 aromatic rings. The lowest BCUT2D eigenvalue weighted by Gasteiger charge is -2.28. The van der Waals surface area contributed by atoms with Gasteiger partial charge in [0.15, 0.2) is 0 Å². The quantitative estimate of drug-likeness (QED) is 0.890. The van der Waals surface area contributed by atoms with E-state index >= 15 is 0 Å². The zero-order chi connectivity index (χ0) is 12.3. The van der Waals surface area contributed by atoms with Crippen molar-refractivity contribution in [2.45, 2.75) is 37.8 Å². The summed E-state index contributed by atoms with van der Waals surface area (Å²) >= 11 is 9.43. The third-order valence-corrected chi connectivity index (χ3v) is 4.75. The standard InChI is InChI=1S/C13H17BrClNO/c14-11-4-3-10(7-12(11)15)8-16-13(9-17)5-1-2-6-13/h3-4,7,16-17H,1-2,5-6,8-9H2. The van der Waals surface area contributed by atoms with Gasteiger partial charge >= 0.3 is 0 Å². The highest BCUT2D eigenvalue weighted by atomic mass is 79.9. The maximum absolute atomic E-state index is 9.50. The minimum atomic E-state index is -0.0699. The van der Waals surface area contributed by atoms with Crippen LogP contribution in [0.1, 0.15) is 31.2 Å². The molecule has 0 aliphatic heterocycles. The fourth-order valence-corrected chi connectivity index (χ4v) is 2.83. The molecular formula is C13H17BrClNO. The first-order chi connectivity index (χ1) is 8.15. The van der Waals surface area contributed by atoms with Crippen LogP contribution in [0.15, 0.2) is 22.7 Å². The molecule has 2 N–H and O–H groups in total. The lowest BCUT2D eigenvalue weighted by molar-refractivity contribution is 0.163. The van der Waals surface area contributed by atoms with Crippen LogP contribution in [-0.4, -0.2) is 17.3 Å². The van der Waals surface area contributed by atoms with Gasteiger partial charge in [-0.1, -0.05) is 30.5 Å². The number of rotatable bonds is 4. The van der Waals surface area contributed by atoms with Crippen molar-refractivity contribution >= 4 is 27.5 Å². The van der Waals surface area contributed by atoms with E-state index in [9.17, 15) is 5.11 Å². The monoisotopic (exact) mass is 317 g/mol. The Hall–Kier alpha value is -0.0900. The van der Waals surface area contributed by atoms with E-state index in [1.807, 2.05) is 18.2 Å². The molecule has 4 heteroatoms. The molecule has 0 saturated heterocycles. The van der Waals surface area contributed by atoms with Crippen LogP contribution in [-0.2, 0) is 6.54 Å². The van der Waals surface area contributed by atoms with Crippen molar-refractivity contribution in [3.63, 3.8) is 0 Å². The number of benzene rings is 1. The van der Waals surface area contributed by atoms with Crippen molar-refractivity contribution in [3.8, 4) is 0 Å². The molecular weight excluding hydrogens is 302 g/mol. The number of hydrogen-bond acceptors (Lipinski definition) is 2. The van der Waals surface area contributed by atoms with Gasteiger partial charge in [-0.2, -0.15) is 0 Å². The van der Waals surface area contributed by atoms with E-state index in [1.54, 1.807) is 0 Å². The minimum Gasteiger partial charge on any atom is -0.394 e. The molecule has 2 nitrogen and oxygen atoms in total. The van der Waals surface area contributed by atoms with Crippen molar-refractivity contribution in [1.82, 2.24) is 5.32 Å². The largest absolute Gasteiger partial charge is 0.394 e. The number of aliphatic hydroxyl groups is 1. The maximum atomic E-state index is 9.50. The summed E-state index contributed by atoms with van der Waals surface area (Å²) in [5, 5.41) is 13.7. The average molecular weight is 319 g/mol. The highest BCUT2D eigenvalue weighted by Crippen LogP contribution is 2.30. The number of aliphatic hydroxyl groups excluding tert-OH is 1. The van der Waals surface area contributed by atoms with Crippen LogP contribution in [0.25, 0.3) is 0 Å². The van der Waals surface area contributed by atoms with Crippen LogP contribution < -0.4 is 5.32 Å². The molecule has 94 valence electrons. The molecule has 0 radical (unpaired) electrons. The predicted octanol–water partition coefficient (Wildman–Crippen LogP) is 3.50. The van der Waals surface area contributed by atoms with E-state index in [0.29, 0.717) is 0 Å². The van der Waals surface area contributed by atoms with Gasteiger partial charge in [0, 0.05) is 16.6 Å². The third kappa shape index (κ3) is 3.22. The van der Waals surface area contributed by atoms with Crippen LogP contribution in [0.4, 0.5) is 0 Å². The summed E-state index contributed by atoms with van der Waals surface area (Å²) in [5.41, 5.74) is 1.08. The molecule has 1 aliphatic rings. The molecule has 2 rings (SSSR count). The molecule has 0 amide bonds. The molecule has 0 unspecified atom stereocenters. The molecule has 1 fully saturated rings. The van der Waals surface area contributed by atoms with E-state index < -0.39 is 0 Å². The van der Waals surface area contributed by atoms with Gasteiger partial charge in [0.25, 0.3) is 0 Å². The molecule has 0 aromatic heterocycles. The summed E-state index contributed by atoms with van der Waals surface area (Å²) in [6, 6.07) is 5.96. The molecule has 1 aliphatic carbocycles. The first-order valence-corrected chi connectivity index (χ1v) is 7.12. The van der Waals surface area contributed by atoms with E-state index in [2.05, 4.69) is 21.2 Å². The SMILES string of the molecule is OCC1(NCc2ccc(Br)c(Cl)c2)CCCC1. The van der Waals surface area contributed by atoms with Gasteiger partial charge in [-0.15, -0.1) is 0 Å². The molecule has 1 aromatic carbocycles. The zero-order valence-electron chi connectivity index (χ0n) is 9.68. The lowest BCUT2D eigenvalue weighted by Crippen LogP contribution is -2.45. The minimum absolute atomic E-state index is 0.0699. The topological polar surface area (TPSA) is 32.3 Å². The Morgan fingerprint density at radius 2 is 2.06 bits per heavy atom. The third-order valence-electron chi connectivity index (χ3n) is 3.51. The molecule has 0 spiro atoms. The number of halogens is 2. The lowest BCUT2D eigenvalue weighted by atomic mass is 9.98. The van der Waals surface area contributed by atoms with Crippen molar-refractivity contribution in [3.05, 3.63) is 33.3 Å². The second-order valence-corrected chi connectivity index (χ2v) is 6.01. The Bertz CT molecular complexity index is 391. The Morgan fingerprint density at radius 3 is 2.65 bits per heavy atom. The van der Waals surface area contributed by atoms with Crippen LogP contribution in [0.3, 0.4) is 0 Å². The van der Waals surface area contributed by atoms with Gasteiger partial charge in [-0.3, -0.25) is 0 Å². The highest BCUT2D eigenvalue weighted by Gasteiger charge is 2.32. The molecule has 1 saturated carbocycles. The number of nitrogens with one attached hydrogen (secondary N) is 1. The second kappa shape index (κ2) is 5.70. The van der Waals surface area contributed by atoms with E-state index in [4.69, 9.17) is 11.6 Å². The fourth-order valence-electron chi connectivity index (χ4n) is 2.38. The second-order valence-electron chi connectivity index (χ2n) is 4.75. The smallest absolute Gasteiger partial charge is 0.0613 e. The Kier molecular flexibility index (Phi) is 4.47. The van der Waals surface area contributed by atoms with Gasteiger partial charge in [-0.25, -0.2) is 0 Å². The summed E-state index contributed by atoms with van der Waals surface area (Å²) in [6.07, 6.45) is 4.53. The summed E-state index contributed by atoms with van der Waals surface area (Å²) in [6.45, 7) is 0.977. The first kappa shape index (κ1) is 13.3. The first-order valence-electron chi connectivity index (χ1n) is 5.95. The van der Waals surface area contributed by atoms with Crippen LogP contribution in [0, 0.1) is 0 Å². The van der Waals surface area contributed by atoms with Crippen LogP contribution >= 0.6 is 27.5 Å². The Balaban J connectivity index is 1.99. The molecule has 0 atom stereocenters. The zero-order valence-corrected chi connectivity index (χ0v) is 12.0. The van der Waals surface area contributed by atoms with Crippen molar-refractivity contribution in [2.24, 2.45) is 0 Å². The normalized spacial score (nSPS) is 18.5. The summed E-state index contributed by atoms with van der Waals surface area (Å²) in [5.74, 6) is 0. The maximum Gasteiger partial charge on any atom is 0.0613 e. The highest BCUT2D eigenvalue weighted by molar-refractivity contribution is 9.10. The van der Waals surface area contributed by atoms with Crippen molar-refractivity contribution in [1.29, 1.82) is 0 Å². The van der Waals surface area contributed by atoms with Crippen LogP contribution in [0.2, 0.25) is 5.02 Å².